The van der Waals surface area contributed by atoms with Gasteiger partial charge in [0, 0.05) is 24.2 Å². The van der Waals surface area contributed by atoms with E-state index in [0.717, 1.165) is 31.6 Å². The Labute approximate surface area is 148 Å². The first-order valence-corrected chi connectivity index (χ1v) is 9.16. The maximum absolute atomic E-state index is 9.26. The first-order valence-electron chi connectivity index (χ1n) is 9.16. The highest BCUT2D eigenvalue weighted by atomic mass is 16.5. The molecule has 25 heavy (non-hydrogen) atoms. The van der Waals surface area contributed by atoms with Crippen molar-refractivity contribution in [2.24, 2.45) is 0 Å². The molecule has 0 fully saturated rings. The molecule has 1 atom stereocenters. The highest BCUT2D eigenvalue weighted by molar-refractivity contribution is 5.92. The summed E-state index contributed by atoms with van der Waals surface area (Å²) in [5, 5.41) is 10.5. The summed E-state index contributed by atoms with van der Waals surface area (Å²) >= 11 is 0. The van der Waals surface area contributed by atoms with Crippen molar-refractivity contribution in [3.8, 4) is 5.75 Å². The van der Waals surface area contributed by atoms with Crippen LogP contribution in [0.4, 0.5) is 0 Å². The summed E-state index contributed by atoms with van der Waals surface area (Å²) in [6, 6.07) is 17.0. The Kier molecular flexibility index (Phi) is 4.50. The Morgan fingerprint density at radius 1 is 1.12 bits per heavy atom. The Hall–Kier alpha value is -2.26. The average Bonchev–Trinajstić information content (AvgIpc) is 3.20. The first-order chi connectivity index (χ1) is 12.3. The molecule has 1 unspecified atom stereocenters. The monoisotopic (exact) mass is 335 g/mol. The topological polar surface area (TPSA) is 34.4 Å². The zero-order valence-electron chi connectivity index (χ0n) is 14.7. The number of aliphatic hydroxyl groups excluding tert-OH is 1. The molecule has 2 aromatic carbocycles. The summed E-state index contributed by atoms with van der Waals surface area (Å²) in [7, 11) is 1.76. The molecule has 0 aliphatic heterocycles. The van der Waals surface area contributed by atoms with E-state index in [4.69, 9.17) is 4.74 Å². The molecule has 4 rings (SSSR count). The molecular weight excluding hydrogens is 310 g/mol. The van der Waals surface area contributed by atoms with E-state index in [9.17, 15) is 5.11 Å². The molecule has 1 aromatic heterocycles. The summed E-state index contributed by atoms with van der Waals surface area (Å²) < 4.78 is 8.18. The molecule has 3 aromatic rings. The van der Waals surface area contributed by atoms with Gasteiger partial charge in [-0.1, -0.05) is 36.4 Å². The summed E-state index contributed by atoms with van der Waals surface area (Å²) in [6.07, 6.45) is 4.19. The van der Waals surface area contributed by atoms with E-state index in [1.165, 1.54) is 34.1 Å². The molecule has 1 heterocycles. The summed E-state index contributed by atoms with van der Waals surface area (Å²) in [5.74, 6) is 1.49. The summed E-state index contributed by atoms with van der Waals surface area (Å²) in [5.41, 5.74) is 5.49. The van der Waals surface area contributed by atoms with Gasteiger partial charge in [-0.2, -0.15) is 0 Å². The fraction of sp³-hybridized carbons (Fsp3) is 0.364. The molecule has 1 aliphatic carbocycles. The SMILES string of the molecule is COc1cccc2c1c1c(n2Cc2ccccc2)CCC1CCCO. The third-order valence-electron chi connectivity index (χ3n) is 5.45. The number of methoxy groups -OCH3 is 1. The molecule has 1 N–H and O–H groups in total. The molecule has 1 aliphatic rings. The Bertz CT molecular complexity index is 867. The normalized spacial score (nSPS) is 16.3. The molecule has 0 spiro atoms. The van der Waals surface area contributed by atoms with Crippen molar-refractivity contribution in [1.82, 2.24) is 4.57 Å². The highest BCUT2D eigenvalue weighted by Crippen LogP contribution is 2.46. The van der Waals surface area contributed by atoms with Crippen LogP contribution in [0.3, 0.4) is 0 Å². The van der Waals surface area contributed by atoms with Crippen LogP contribution in [0.2, 0.25) is 0 Å². The number of aromatic nitrogens is 1. The van der Waals surface area contributed by atoms with Crippen molar-refractivity contribution in [2.75, 3.05) is 13.7 Å². The predicted octanol–water partition coefficient (Wildman–Crippen LogP) is 4.50. The second-order valence-electron chi connectivity index (χ2n) is 6.89. The van der Waals surface area contributed by atoms with Crippen molar-refractivity contribution in [3.05, 3.63) is 65.4 Å². The van der Waals surface area contributed by atoms with Gasteiger partial charge in [-0.15, -0.1) is 0 Å². The van der Waals surface area contributed by atoms with Gasteiger partial charge in [0.2, 0.25) is 0 Å². The lowest BCUT2D eigenvalue weighted by molar-refractivity contribution is 0.279. The molecule has 130 valence electrons. The van der Waals surface area contributed by atoms with Gasteiger partial charge in [0.25, 0.3) is 0 Å². The number of fused-ring (bicyclic) bond motifs is 3. The van der Waals surface area contributed by atoms with Crippen LogP contribution >= 0.6 is 0 Å². The van der Waals surface area contributed by atoms with Gasteiger partial charge < -0.3 is 14.4 Å². The molecule has 3 heteroatoms. The maximum atomic E-state index is 9.26. The molecule has 0 radical (unpaired) electrons. The lowest BCUT2D eigenvalue weighted by atomic mass is 9.95. The third-order valence-corrected chi connectivity index (χ3v) is 5.45. The summed E-state index contributed by atoms with van der Waals surface area (Å²) in [4.78, 5) is 0. The summed E-state index contributed by atoms with van der Waals surface area (Å²) in [6.45, 7) is 1.16. The van der Waals surface area contributed by atoms with E-state index >= 15 is 0 Å². The van der Waals surface area contributed by atoms with E-state index in [-0.39, 0.29) is 6.61 Å². The smallest absolute Gasteiger partial charge is 0.128 e. The lowest BCUT2D eigenvalue weighted by Gasteiger charge is -2.12. The quantitative estimate of drug-likeness (QED) is 0.720. The highest BCUT2D eigenvalue weighted by Gasteiger charge is 2.30. The van der Waals surface area contributed by atoms with Crippen molar-refractivity contribution in [2.45, 2.75) is 38.1 Å². The molecule has 0 bridgehead atoms. The fourth-order valence-corrected chi connectivity index (χ4v) is 4.36. The van der Waals surface area contributed by atoms with Gasteiger partial charge >= 0.3 is 0 Å². The van der Waals surface area contributed by atoms with Gasteiger partial charge in [0.15, 0.2) is 0 Å². The van der Waals surface area contributed by atoms with Gasteiger partial charge in [0.1, 0.15) is 5.75 Å². The molecule has 3 nitrogen and oxygen atoms in total. The lowest BCUT2D eigenvalue weighted by Crippen LogP contribution is -2.03. The zero-order valence-corrected chi connectivity index (χ0v) is 14.7. The zero-order chi connectivity index (χ0) is 17.2. The van der Waals surface area contributed by atoms with E-state index in [0.29, 0.717) is 5.92 Å². The molecule has 0 saturated heterocycles. The first kappa shape index (κ1) is 16.2. The minimum atomic E-state index is 0.269. The predicted molar refractivity (Wildman–Crippen MR) is 101 cm³/mol. The molecule has 0 saturated carbocycles. The number of benzene rings is 2. The Morgan fingerprint density at radius 3 is 2.72 bits per heavy atom. The van der Waals surface area contributed by atoms with Crippen molar-refractivity contribution in [1.29, 1.82) is 0 Å². The number of hydrogen-bond donors (Lipinski definition) is 1. The van der Waals surface area contributed by atoms with Gasteiger partial charge in [-0.3, -0.25) is 0 Å². The second-order valence-corrected chi connectivity index (χ2v) is 6.89. The second kappa shape index (κ2) is 6.93. The van der Waals surface area contributed by atoms with Gasteiger partial charge in [-0.25, -0.2) is 0 Å². The van der Waals surface area contributed by atoms with Gasteiger partial charge in [0.05, 0.1) is 12.6 Å². The van der Waals surface area contributed by atoms with E-state index in [1.54, 1.807) is 7.11 Å². The third kappa shape index (κ3) is 2.83. The number of nitrogens with zero attached hydrogens (tertiary/aromatic N) is 1. The van der Waals surface area contributed by atoms with Crippen LogP contribution in [0.25, 0.3) is 10.9 Å². The van der Waals surface area contributed by atoms with Crippen molar-refractivity contribution < 1.29 is 9.84 Å². The van der Waals surface area contributed by atoms with Crippen molar-refractivity contribution >= 4 is 10.9 Å². The molecule has 0 amide bonds. The minimum absolute atomic E-state index is 0.269. The Balaban J connectivity index is 1.86. The van der Waals surface area contributed by atoms with Crippen LogP contribution in [0, 0.1) is 0 Å². The van der Waals surface area contributed by atoms with Gasteiger partial charge in [-0.05, 0) is 54.9 Å². The van der Waals surface area contributed by atoms with Crippen LogP contribution in [0.1, 0.15) is 42.0 Å². The minimum Gasteiger partial charge on any atom is -0.496 e. The average molecular weight is 335 g/mol. The number of ether oxygens (including phenoxy) is 1. The molecular formula is C22H25NO2. The maximum Gasteiger partial charge on any atom is 0.128 e. The van der Waals surface area contributed by atoms with E-state index in [2.05, 4.69) is 53.1 Å². The van der Waals surface area contributed by atoms with Crippen molar-refractivity contribution in [3.63, 3.8) is 0 Å². The van der Waals surface area contributed by atoms with Crippen LogP contribution in [0.5, 0.6) is 5.75 Å². The number of hydrogen-bond acceptors (Lipinski definition) is 2. The van der Waals surface area contributed by atoms with Crippen LogP contribution < -0.4 is 4.74 Å². The fourth-order valence-electron chi connectivity index (χ4n) is 4.36. The van der Waals surface area contributed by atoms with Crippen LogP contribution in [0.15, 0.2) is 48.5 Å². The van der Waals surface area contributed by atoms with Crippen LogP contribution in [-0.2, 0) is 13.0 Å². The Morgan fingerprint density at radius 2 is 1.96 bits per heavy atom. The van der Waals surface area contributed by atoms with E-state index < -0.39 is 0 Å². The van der Waals surface area contributed by atoms with E-state index in [1.807, 2.05) is 0 Å². The largest absolute Gasteiger partial charge is 0.496 e. The number of aliphatic hydroxyl groups is 1. The number of rotatable bonds is 6. The van der Waals surface area contributed by atoms with Crippen LogP contribution in [-0.4, -0.2) is 23.4 Å². The standard InChI is InChI=1S/C22H25NO2/c1-25-20-11-5-10-18-22(20)21-17(9-6-14-24)12-13-19(21)23(18)15-16-7-3-2-4-8-16/h2-5,7-8,10-11,17,24H,6,9,12-15H2,1H3.